The molecule has 1 atom stereocenters. The van der Waals surface area contributed by atoms with Crippen LogP contribution in [0.1, 0.15) is 26.7 Å². The van der Waals surface area contributed by atoms with Crippen molar-refractivity contribution in [2.24, 2.45) is 5.73 Å². The lowest BCUT2D eigenvalue weighted by Crippen LogP contribution is -2.48. The van der Waals surface area contributed by atoms with E-state index in [9.17, 15) is 9.90 Å². The standard InChI is InChI=1S/C12H16BrClN2O2.ClH/c1-3-4-12(2,15)11(18)16-9-6-7(14)5-8(13)10(9)17;/h5-6,17H,3-4,15H2,1-2H3,(H,16,18);1H. The predicted molar refractivity (Wildman–Crippen MR) is 84.2 cm³/mol. The van der Waals surface area contributed by atoms with Gasteiger partial charge in [-0.3, -0.25) is 4.79 Å². The Morgan fingerprint density at radius 1 is 1.58 bits per heavy atom. The zero-order valence-electron chi connectivity index (χ0n) is 10.7. The number of carbonyl (C=O) groups excluding carboxylic acids is 1. The summed E-state index contributed by atoms with van der Waals surface area (Å²) < 4.78 is 0.416. The van der Waals surface area contributed by atoms with Crippen LogP contribution in [0.5, 0.6) is 5.75 Å². The molecule has 0 aromatic heterocycles. The van der Waals surface area contributed by atoms with E-state index in [0.29, 0.717) is 15.9 Å². The zero-order valence-corrected chi connectivity index (χ0v) is 13.8. The fourth-order valence-electron chi connectivity index (χ4n) is 1.56. The van der Waals surface area contributed by atoms with Crippen molar-refractivity contribution >= 4 is 51.5 Å². The maximum absolute atomic E-state index is 12.0. The number of phenols is 1. The number of phenolic OH excluding ortho intramolecular Hbond substituents is 1. The van der Waals surface area contributed by atoms with Crippen molar-refractivity contribution in [3.8, 4) is 5.75 Å². The van der Waals surface area contributed by atoms with Gasteiger partial charge in [-0.15, -0.1) is 12.4 Å². The van der Waals surface area contributed by atoms with Crippen LogP contribution in [0.2, 0.25) is 5.02 Å². The van der Waals surface area contributed by atoms with Gasteiger partial charge in [0.25, 0.3) is 0 Å². The minimum absolute atomic E-state index is 0. The molecule has 0 aliphatic carbocycles. The van der Waals surface area contributed by atoms with Crippen molar-refractivity contribution in [1.82, 2.24) is 0 Å². The molecule has 1 aromatic rings. The second kappa shape index (κ2) is 7.33. The van der Waals surface area contributed by atoms with Gasteiger partial charge in [-0.05, 0) is 41.4 Å². The van der Waals surface area contributed by atoms with Gasteiger partial charge in [0, 0.05) is 5.02 Å². The van der Waals surface area contributed by atoms with Gasteiger partial charge < -0.3 is 16.2 Å². The molecule has 0 radical (unpaired) electrons. The highest BCUT2D eigenvalue weighted by Gasteiger charge is 2.28. The number of nitrogens with two attached hydrogens (primary N) is 1. The van der Waals surface area contributed by atoms with Crippen molar-refractivity contribution in [2.75, 3.05) is 5.32 Å². The summed E-state index contributed by atoms with van der Waals surface area (Å²) in [4.78, 5) is 12.0. The molecule has 1 aromatic carbocycles. The van der Waals surface area contributed by atoms with Gasteiger partial charge in [-0.1, -0.05) is 24.9 Å². The average Bonchev–Trinajstić information content (AvgIpc) is 2.25. The van der Waals surface area contributed by atoms with E-state index in [4.69, 9.17) is 17.3 Å². The lowest BCUT2D eigenvalue weighted by molar-refractivity contribution is -0.120. The molecule has 0 saturated carbocycles. The van der Waals surface area contributed by atoms with E-state index in [1.807, 2.05) is 6.92 Å². The van der Waals surface area contributed by atoms with Crippen LogP contribution in [-0.4, -0.2) is 16.6 Å². The molecule has 0 saturated heterocycles. The van der Waals surface area contributed by atoms with Crippen LogP contribution in [-0.2, 0) is 4.79 Å². The molecule has 0 fully saturated rings. The van der Waals surface area contributed by atoms with Gasteiger partial charge in [0.2, 0.25) is 5.91 Å². The van der Waals surface area contributed by atoms with E-state index in [1.54, 1.807) is 13.0 Å². The second-order valence-electron chi connectivity index (χ2n) is 4.41. The summed E-state index contributed by atoms with van der Waals surface area (Å²) in [5.41, 5.74) is 5.17. The van der Waals surface area contributed by atoms with Crippen LogP contribution in [0, 0.1) is 0 Å². The molecule has 7 heteroatoms. The first-order valence-electron chi connectivity index (χ1n) is 5.56. The topological polar surface area (TPSA) is 75.4 Å². The molecule has 4 nitrogen and oxygen atoms in total. The fourth-order valence-corrected chi connectivity index (χ4v) is 2.37. The van der Waals surface area contributed by atoms with E-state index in [0.717, 1.165) is 6.42 Å². The van der Waals surface area contributed by atoms with Crippen LogP contribution in [0.25, 0.3) is 0 Å². The van der Waals surface area contributed by atoms with E-state index in [2.05, 4.69) is 21.2 Å². The van der Waals surface area contributed by atoms with E-state index >= 15 is 0 Å². The zero-order chi connectivity index (χ0) is 13.9. The van der Waals surface area contributed by atoms with Gasteiger partial charge in [0.05, 0.1) is 15.7 Å². The summed E-state index contributed by atoms with van der Waals surface area (Å²) in [7, 11) is 0. The van der Waals surface area contributed by atoms with Crippen molar-refractivity contribution in [2.45, 2.75) is 32.2 Å². The summed E-state index contributed by atoms with van der Waals surface area (Å²) in [6.45, 7) is 3.61. The number of aromatic hydroxyl groups is 1. The Morgan fingerprint density at radius 3 is 2.68 bits per heavy atom. The minimum Gasteiger partial charge on any atom is -0.505 e. The molecule has 0 spiro atoms. The molecule has 0 heterocycles. The SMILES string of the molecule is CCCC(C)(N)C(=O)Nc1cc(Cl)cc(Br)c1O.Cl. The summed E-state index contributed by atoms with van der Waals surface area (Å²) in [6.07, 6.45) is 1.35. The van der Waals surface area contributed by atoms with Gasteiger partial charge in [0.1, 0.15) is 0 Å². The number of rotatable bonds is 4. The predicted octanol–water partition coefficient (Wildman–Crippen LogP) is 3.69. The van der Waals surface area contributed by atoms with Crippen molar-refractivity contribution < 1.29 is 9.90 Å². The van der Waals surface area contributed by atoms with Gasteiger partial charge in [-0.2, -0.15) is 0 Å². The van der Waals surface area contributed by atoms with Crippen LogP contribution >= 0.6 is 39.9 Å². The van der Waals surface area contributed by atoms with Crippen molar-refractivity contribution in [3.05, 3.63) is 21.6 Å². The minimum atomic E-state index is -0.976. The molecule has 0 aliphatic heterocycles. The highest BCUT2D eigenvalue weighted by molar-refractivity contribution is 9.10. The lowest BCUT2D eigenvalue weighted by atomic mass is 9.96. The maximum atomic E-state index is 12.0. The van der Waals surface area contributed by atoms with Crippen molar-refractivity contribution in [1.29, 1.82) is 0 Å². The lowest BCUT2D eigenvalue weighted by Gasteiger charge is -2.23. The first kappa shape index (κ1) is 18.5. The van der Waals surface area contributed by atoms with Gasteiger partial charge in [0.15, 0.2) is 5.75 Å². The number of carbonyl (C=O) groups is 1. The third-order valence-corrected chi connectivity index (χ3v) is 3.39. The Labute approximate surface area is 132 Å². The maximum Gasteiger partial charge on any atom is 0.244 e. The Balaban J connectivity index is 0.00000324. The summed E-state index contributed by atoms with van der Waals surface area (Å²) >= 11 is 9.01. The van der Waals surface area contributed by atoms with E-state index in [-0.39, 0.29) is 29.8 Å². The molecule has 1 unspecified atom stereocenters. The van der Waals surface area contributed by atoms with E-state index in [1.165, 1.54) is 6.07 Å². The number of anilines is 1. The summed E-state index contributed by atoms with van der Waals surface area (Å²) in [5, 5.41) is 12.8. The summed E-state index contributed by atoms with van der Waals surface area (Å²) in [5.74, 6) is -0.422. The Kier molecular flexibility index (Phi) is 7.15. The molecule has 108 valence electrons. The number of hydrogen-bond donors (Lipinski definition) is 3. The Morgan fingerprint density at radius 2 is 2.16 bits per heavy atom. The molecule has 1 rings (SSSR count). The molecule has 4 N–H and O–H groups in total. The summed E-state index contributed by atoms with van der Waals surface area (Å²) in [6, 6.07) is 3.02. The first-order chi connectivity index (χ1) is 8.27. The highest BCUT2D eigenvalue weighted by Crippen LogP contribution is 2.35. The number of hydrogen-bond acceptors (Lipinski definition) is 3. The van der Waals surface area contributed by atoms with Gasteiger partial charge in [-0.25, -0.2) is 0 Å². The quantitative estimate of drug-likeness (QED) is 0.706. The largest absolute Gasteiger partial charge is 0.505 e. The number of benzene rings is 1. The average molecular weight is 372 g/mol. The normalized spacial score (nSPS) is 13.3. The Bertz CT molecular complexity index is 467. The smallest absolute Gasteiger partial charge is 0.244 e. The molecular weight excluding hydrogens is 355 g/mol. The number of halogens is 3. The number of nitrogens with one attached hydrogen (secondary N) is 1. The van der Waals surface area contributed by atoms with Crippen LogP contribution < -0.4 is 11.1 Å². The van der Waals surface area contributed by atoms with Crippen molar-refractivity contribution in [3.63, 3.8) is 0 Å². The van der Waals surface area contributed by atoms with E-state index < -0.39 is 5.54 Å². The first-order valence-corrected chi connectivity index (χ1v) is 6.73. The fraction of sp³-hybridized carbons (Fsp3) is 0.417. The Hall–Kier alpha value is -0.490. The van der Waals surface area contributed by atoms with Crippen LogP contribution in [0.3, 0.4) is 0 Å². The molecular formula is C12H17BrCl2N2O2. The van der Waals surface area contributed by atoms with Gasteiger partial charge >= 0.3 is 0 Å². The molecule has 1 amide bonds. The molecule has 19 heavy (non-hydrogen) atoms. The second-order valence-corrected chi connectivity index (χ2v) is 5.70. The van der Waals surface area contributed by atoms with Crippen LogP contribution in [0.4, 0.5) is 5.69 Å². The monoisotopic (exact) mass is 370 g/mol. The third-order valence-electron chi connectivity index (χ3n) is 2.56. The molecule has 0 aliphatic rings. The number of amides is 1. The third kappa shape index (κ3) is 4.84. The highest BCUT2D eigenvalue weighted by atomic mass is 79.9. The van der Waals surface area contributed by atoms with Crippen LogP contribution in [0.15, 0.2) is 16.6 Å². The molecule has 0 bridgehead atoms.